The molecule has 0 aromatic heterocycles. The molecule has 0 saturated heterocycles. The normalized spacial score (nSPS) is 10.4. The number of carboxylic acids is 1. The molecule has 5 heteroatoms. The zero-order valence-corrected chi connectivity index (χ0v) is 14.1. The maximum absolute atomic E-state index is 11.4. The molecule has 25 heavy (non-hydrogen) atoms. The molecular weight excluding hydrogens is 336 g/mol. The highest BCUT2D eigenvalue weighted by atomic mass is 35.5. The maximum atomic E-state index is 11.4. The summed E-state index contributed by atoms with van der Waals surface area (Å²) in [5.74, 6) is -0.968. The zero-order valence-electron chi connectivity index (χ0n) is 13.4. The van der Waals surface area contributed by atoms with E-state index in [2.05, 4.69) is 10.9 Å². The minimum absolute atomic E-state index is 0.237. The van der Waals surface area contributed by atoms with E-state index in [-0.39, 0.29) is 5.56 Å². The van der Waals surface area contributed by atoms with Crippen LogP contribution in [-0.4, -0.2) is 11.1 Å². The van der Waals surface area contributed by atoms with Gasteiger partial charge in [-0.15, -0.1) is 0 Å². The molecule has 3 aromatic rings. The van der Waals surface area contributed by atoms with Crippen LogP contribution in [0.3, 0.4) is 0 Å². The Kier molecular flexibility index (Phi) is 5.33. The Balaban J connectivity index is 1.70. The van der Waals surface area contributed by atoms with Gasteiger partial charge in [-0.3, -0.25) is 0 Å². The molecule has 0 spiro atoms. The summed E-state index contributed by atoms with van der Waals surface area (Å²) < 4.78 is 0. The third-order valence-electron chi connectivity index (χ3n) is 3.78. The lowest BCUT2D eigenvalue weighted by molar-refractivity contribution is 0.0697. The number of nitrogens with one attached hydrogen (secondary N) is 2. The topological polar surface area (TPSA) is 61.4 Å². The molecular formula is C20H17ClN2O2. The van der Waals surface area contributed by atoms with Crippen molar-refractivity contribution >= 4 is 23.3 Å². The summed E-state index contributed by atoms with van der Waals surface area (Å²) in [6, 6.07) is 22.3. The summed E-state index contributed by atoms with van der Waals surface area (Å²) in [7, 11) is 0. The fourth-order valence-electron chi connectivity index (χ4n) is 2.51. The molecule has 0 aliphatic heterocycles. The van der Waals surface area contributed by atoms with Crippen LogP contribution in [0.25, 0.3) is 11.1 Å². The van der Waals surface area contributed by atoms with Crippen molar-refractivity contribution in [3.63, 3.8) is 0 Å². The largest absolute Gasteiger partial charge is 0.478 e. The van der Waals surface area contributed by atoms with Crippen LogP contribution in [0.2, 0.25) is 5.02 Å². The second-order valence-electron chi connectivity index (χ2n) is 5.54. The van der Waals surface area contributed by atoms with E-state index in [9.17, 15) is 9.90 Å². The number of halogens is 1. The van der Waals surface area contributed by atoms with Gasteiger partial charge in [0.1, 0.15) is 0 Å². The number of aromatic carboxylic acids is 1. The first kappa shape index (κ1) is 17.0. The van der Waals surface area contributed by atoms with Gasteiger partial charge >= 0.3 is 5.97 Å². The highest BCUT2D eigenvalue weighted by molar-refractivity contribution is 6.31. The lowest BCUT2D eigenvalue weighted by Crippen LogP contribution is -2.20. The molecule has 0 fully saturated rings. The number of para-hydroxylation sites is 1. The molecule has 0 aliphatic carbocycles. The fourth-order valence-corrected chi connectivity index (χ4v) is 2.69. The van der Waals surface area contributed by atoms with E-state index in [1.54, 1.807) is 12.1 Å². The maximum Gasteiger partial charge on any atom is 0.336 e. The van der Waals surface area contributed by atoms with Gasteiger partial charge in [-0.1, -0.05) is 54.1 Å². The van der Waals surface area contributed by atoms with Crippen LogP contribution in [0.4, 0.5) is 5.69 Å². The monoisotopic (exact) mass is 352 g/mol. The standard InChI is InChI=1S/C20H17ClN2O2/c21-16-10-11-18(20(24)25)19(12-16)15-8-6-14(7-9-15)13-22-23-17-4-2-1-3-5-17/h1-12,22-23H,13H2,(H,24,25). The van der Waals surface area contributed by atoms with Crippen molar-refractivity contribution in [2.45, 2.75) is 6.54 Å². The third kappa shape index (κ3) is 4.38. The van der Waals surface area contributed by atoms with E-state index in [0.29, 0.717) is 17.1 Å². The van der Waals surface area contributed by atoms with Crippen molar-refractivity contribution < 1.29 is 9.90 Å². The summed E-state index contributed by atoms with van der Waals surface area (Å²) in [6.45, 7) is 0.635. The van der Waals surface area contributed by atoms with Crippen LogP contribution >= 0.6 is 11.6 Å². The summed E-state index contributed by atoms with van der Waals surface area (Å²) in [5, 5.41) is 9.85. The first-order valence-corrected chi connectivity index (χ1v) is 8.17. The number of hydrogen-bond acceptors (Lipinski definition) is 3. The molecule has 0 aliphatic rings. The number of hydrazine groups is 1. The molecule has 0 bridgehead atoms. The second-order valence-corrected chi connectivity index (χ2v) is 5.97. The molecule has 0 atom stereocenters. The van der Waals surface area contributed by atoms with Gasteiger partial charge in [-0.2, -0.15) is 0 Å². The SMILES string of the molecule is O=C(O)c1ccc(Cl)cc1-c1ccc(CNNc2ccccc2)cc1. The molecule has 0 unspecified atom stereocenters. The Hall–Kier alpha value is -2.82. The molecule has 0 saturated carbocycles. The molecule has 0 amide bonds. The quantitative estimate of drug-likeness (QED) is 0.556. The lowest BCUT2D eigenvalue weighted by atomic mass is 9.99. The van der Waals surface area contributed by atoms with E-state index >= 15 is 0 Å². The van der Waals surface area contributed by atoms with Gasteiger partial charge in [0.2, 0.25) is 0 Å². The van der Waals surface area contributed by atoms with Gasteiger partial charge < -0.3 is 10.5 Å². The van der Waals surface area contributed by atoms with Crippen molar-refractivity contribution in [3.05, 3.63) is 88.9 Å². The Bertz CT molecular complexity index is 865. The lowest BCUT2D eigenvalue weighted by Gasteiger charge is -2.10. The van der Waals surface area contributed by atoms with Crippen LogP contribution in [0.15, 0.2) is 72.8 Å². The summed E-state index contributed by atoms with van der Waals surface area (Å²) in [6.07, 6.45) is 0. The van der Waals surface area contributed by atoms with Gasteiger partial charge in [0.25, 0.3) is 0 Å². The zero-order chi connectivity index (χ0) is 17.6. The highest BCUT2D eigenvalue weighted by Crippen LogP contribution is 2.27. The van der Waals surface area contributed by atoms with Crippen molar-refractivity contribution in [3.8, 4) is 11.1 Å². The number of carboxylic acid groups (broad SMARTS) is 1. The van der Waals surface area contributed by atoms with Crippen molar-refractivity contribution in [1.29, 1.82) is 0 Å². The molecule has 3 rings (SSSR count). The molecule has 4 nitrogen and oxygen atoms in total. The van der Waals surface area contributed by atoms with E-state index in [0.717, 1.165) is 16.8 Å². The first-order chi connectivity index (χ1) is 12.1. The average Bonchev–Trinajstić information content (AvgIpc) is 2.63. The smallest absolute Gasteiger partial charge is 0.336 e. The predicted molar refractivity (Wildman–Crippen MR) is 101 cm³/mol. The van der Waals surface area contributed by atoms with E-state index in [1.165, 1.54) is 6.07 Å². The molecule has 126 valence electrons. The predicted octanol–water partition coefficient (Wildman–Crippen LogP) is 4.82. The number of hydrogen-bond donors (Lipinski definition) is 3. The van der Waals surface area contributed by atoms with Gasteiger partial charge in [-0.05, 0) is 47.0 Å². The van der Waals surface area contributed by atoms with Crippen LogP contribution in [0.5, 0.6) is 0 Å². The summed E-state index contributed by atoms with van der Waals surface area (Å²) in [5.41, 5.74) is 10.0. The summed E-state index contributed by atoms with van der Waals surface area (Å²) in [4.78, 5) is 11.4. The van der Waals surface area contributed by atoms with E-state index in [4.69, 9.17) is 11.6 Å². The number of benzene rings is 3. The van der Waals surface area contributed by atoms with Crippen LogP contribution in [0, 0.1) is 0 Å². The van der Waals surface area contributed by atoms with Crippen molar-refractivity contribution in [2.75, 3.05) is 5.43 Å². The summed E-state index contributed by atoms with van der Waals surface area (Å²) >= 11 is 6.02. The van der Waals surface area contributed by atoms with Gasteiger partial charge in [-0.25, -0.2) is 10.2 Å². The van der Waals surface area contributed by atoms with Crippen LogP contribution in [0.1, 0.15) is 15.9 Å². The minimum atomic E-state index is -0.968. The van der Waals surface area contributed by atoms with E-state index < -0.39 is 5.97 Å². The van der Waals surface area contributed by atoms with Gasteiger partial charge in [0.15, 0.2) is 0 Å². The Labute approximate surface area is 151 Å². The van der Waals surface area contributed by atoms with Gasteiger partial charge in [0.05, 0.1) is 5.56 Å². The molecule has 3 aromatic carbocycles. The average molecular weight is 353 g/mol. The van der Waals surface area contributed by atoms with Crippen LogP contribution in [-0.2, 0) is 6.54 Å². The third-order valence-corrected chi connectivity index (χ3v) is 4.01. The van der Waals surface area contributed by atoms with Crippen molar-refractivity contribution in [1.82, 2.24) is 5.43 Å². The number of anilines is 1. The first-order valence-electron chi connectivity index (χ1n) is 7.79. The molecule has 0 radical (unpaired) electrons. The number of carbonyl (C=O) groups is 1. The second kappa shape index (κ2) is 7.83. The fraction of sp³-hybridized carbons (Fsp3) is 0.0500. The Morgan fingerprint density at radius 2 is 1.68 bits per heavy atom. The number of rotatable bonds is 6. The molecule has 0 heterocycles. The minimum Gasteiger partial charge on any atom is -0.478 e. The Morgan fingerprint density at radius 1 is 0.960 bits per heavy atom. The van der Waals surface area contributed by atoms with Crippen molar-refractivity contribution in [2.24, 2.45) is 0 Å². The highest BCUT2D eigenvalue weighted by Gasteiger charge is 2.12. The molecule has 3 N–H and O–H groups in total. The van der Waals surface area contributed by atoms with Gasteiger partial charge in [0, 0.05) is 17.3 Å². The van der Waals surface area contributed by atoms with Crippen LogP contribution < -0.4 is 10.9 Å². The van der Waals surface area contributed by atoms with E-state index in [1.807, 2.05) is 54.6 Å². The Morgan fingerprint density at radius 3 is 2.36 bits per heavy atom.